The maximum absolute atomic E-state index is 10.9. The molecule has 0 spiro atoms. The van der Waals surface area contributed by atoms with Crippen LogP contribution in [-0.2, 0) is 12.8 Å². The third-order valence-electron chi connectivity index (χ3n) is 2.59. The van der Waals surface area contributed by atoms with Crippen LogP contribution >= 0.6 is 0 Å². The van der Waals surface area contributed by atoms with Gasteiger partial charge < -0.3 is 10.5 Å². The summed E-state index contributed by atoms with van der Waals surface area (Å²) >= 11 is 0. The molecular weight excluding hydrogens is 204 g/mol. The molecule has 1 rings (SSSR count). The van der Waals surface area contributed by atoms with E-state index in [1.54, 1.807) is 0 Å². The number of rotatable bonds is 5. The lowest BCUT2D eigenvalue weighted by molar-refractivity contribution is 0.338. The number of benzene rings is 1. The Hall–Kier alpha value is -1.58. The number of aryl methyl sites for hydroxylation is 1. The lowest BCUT2D eigenvalue weighted by Gasteiger charge is -2.15. The molecule has 4 nitrogen and oxygen atoms in total. The lowest BCUT2D eigenvalue weighted by atomic mass is 10.0. The summed E-state index contributed by atoms with van der Waals surface area (Å²) in [5.41, 5.74) is 8.72. The number of hydrogen-bond donors (Lipinski definition) is 1. The van der Waals surface area contributed by atoms with Crippen LogP contribution in [0.1, 0.15) is 31.9 Å². The minimum Gasteiger partial charge on any atom is -0.491 e. The zero-order valence-electron chi connectivity index (χ0n) is 10.0. The van der Waals surface area contributed by atoms with E-state index >= 15 is 0 Å². The summed E-state index contributed by atoms with van der Waals surface area (Å²) in [6.45, 7) is 6.32. The Morgan fingerprint density at radius 3 is 2.44 bits per heavy atom. The number of anilines is 1. The summed E-state index contributed by atoms with van der Waals surface area (Å²) in [4.78, 5) is 10.9. The van der Waals surface area contributed by atoms with Gasteiger partial charge in [-0.15, -0.1) is 4.91 Å². The number of nitrogens with two attached hydrogens (primary N) is 1. The minimum absolute atomic E-state index is 0.399. The maximum Gasteiger partial charge on any atom is 0.153 e. The van der Waals surface area contributed by atoms with Crippen molar-refractivity contribution in [2.24, 2.45) is 5.18 Å². The third-order valence-corrected chi connectivity index (χ3v) is 2.59. The molecule has 0 bridgehead atoms. The molecule has 0 aliphatic carbocycles. The summed E-state index contributed by atoms with van der Waals surface area (Å²) in [5, 5.41) is 3.08. The van der Waals surface area contributed by atoms with Crippen LogP contribution in [0.25, 0.3) is 0 Å². The molecular formula is C12H18N2O2. The quantitative estimate of drug-likeness (QED) is 0.614. The molecule has 0 heterocycles. The topological polar surface area (TPSA) is 64.7 Å². The molecule has 0 aliphatic heterocycles. The van der Waals surface area contributed by atoms with Gasteiger partial charge in [0.05, 0.1) is 6.61 Å². The maximum atomic E-state index is 10.9. The van der Waals surface area contributed by atoms with Gasteiger partial charge in [0.1, 0.15) is 0 Å². The van der Waals surface area contributed by atoms with E-state index in [1.807, 2.05) is 26.8 Å². The molecule has 0 saturated carbocycles. The fourth-order valence-corrected chi connectivity index (χ4v) is 1.80. The normalized spacial score (nSPS) is 10.2. The highest BCUT2D eigenvalue weighted by molar-refractivity contribution is 5.70. The highest BCUT2D eigenvalue weighted by atomic mass is 16.5. The third kappa shape index (κ3) is 2.15. The van der Waals surface area contributed by atoms with Crippen LogP contribution in [-0.4, -0.2) is 6.61 Å². The van der Waals surface area contributed by atoms with Crippen molar-refractivity contribution in [1.29, 1.82) is 0 Å². The Morgan fingerprint density at radius 1 is 1.31 bits per heavy atom. The average molecular weight is 222 g/mol. The lowest BCUT2D eigenvalue weighted by Crippen LogP contribution is -2.02. The van der Waals surface area contributed by atoms with Crippen LogP contribution < -0.4 is 10.5 Å². The summed E-state index contributed by atoms with van der Waals surface area (Å²) in [5.74, 6) is 0.553. The average Bonchev–Trinajstić information content (AvgIpc) is 2.29. The fraction of sp³-hybridized carbons (Fsp3) is 0.500. The predicted octanol–water partition coefficient (Wildman–Crippen LogP) is 3.19. The number of nitrogens with zero attached hydrogens (tertiary/aromatic N) is 1. The first-order valence-electron chi connectivity index (χ1n) is 5.59. The van der Waals surface area contributed by atoms with Gasteiger partial charge in [-0.25, -0.2) is 0 Å². The van der Waals surface area contributed by atoms with Crippen molar-refractivity contribution in [2.75, 3.05) is 12.3 Å². The molecule has 1 aromatic carbocycles. The molecule has 88 valence electrons. The minimum atomic E-state index is 0.399. The Morgan fingerprint density at radius 2 is 2.00 bits per heavy atom. The van der Waals surface area contributed by atoms with Crippen molar-refractivity contribution in [3.05, 3.63) is 22.1 Å². The van der Waals surface area contributed by atoms with Gasteiger partial charge >= 0.3 is 0 Å². The van der Waals surface area contributed by atoms with Gasteiger partial charge in [-0.1, -0.05) is 13.8 Å². The first-order valence-corrected chi connectivity index (χ1v) is 5.59. The van der Waals surface area contributed by atoms with Crippen LogP contribution in [0.2, 0.25) is 0 Å². The van der Waals surface area contributed by atoms with Gasteiger partial charge in [-0.3, -0.25) is 0 Å². The zero-order chi connectivity index (χ0) is 12.1. The van der Waals surface area contributed by atoms with E-state index in [2.05, 4.69) is 5.18 Å². The van der Waals surface area contributed by atoms with Crippen LogP contribution in [0.15, 0.2) is 11.2 Å². The second-order valence-electron chi connectivity index (χ2n) is 3.51. The molecule has 16 heavy (non-hydrogen) atoms. The molecule has 1 aromatic rings. The Balaban J connectivity index is 3.46. The van der Waals surface area contributed by atoms with Gasteiger partial charge in [-0.05, 0) is 36.6 Å². The monoisotopic (exact) mass is 222 g/mol. The number of nitroso groups, excluding NO2 is 1. The van der Waals surface area contributed by atoms with Gasteiger partial charge in [0.2, 0.25) is 0 Å². The van der Waals surface area contributed by atoms with Crippen LogP contribution in [0.3, 0.4) is 0 Å². The fourth-order valence-electron chi connectivity index (χ4n) is 1.80. The largest absolute Gasteiger partial charge is 0.491 e. The first-order chi connectivity index (χ1) is 7.69. The Bertz CT molecular complexity index is 389. The van der Waals surface area contributed by atoms with Crippen molar-refractivity contribution < 1.29 is 4.74 Å². The van der Waals surface area contributed by atoms with E-state index in [1.165, 1.54) is 0 Å². The second kappa shape index (κ2) is 5.49. The van der Waals surface area contributed by atoms with Crippen molar-refractivity contribution in [3.8, 4) is 5.75 Å². The van der Waals surface area contributed by atoms with E-state index < -0.39 is 0 Å². The van der Waals surface area contributed by atoms with Crippen LogP contribution in [0.5, 0.6) is 5.75 Å². The summed E-state index contributed by atoms with van der Waals surface area (Å²) in [6, 6.07) is 1.82. The van der Waals surface area contributed by atoms with E-state index in [0.29, 0.717) is 23.7 Å². The highest BCUT2D eigenvalue weighted by Gasteiger charge is 2.16. The molecule has 2 N–H and O–H groups in total. The SMILES string of the molecule is CCOc1c(CC)c(N)cc(CC)c1N=O. The van der Waals surface area contributed by atoms with Crippen molar-refractivity contribution in [1.82, 2.24) is 0 Å². The Labute approximate surface area is 95.8 Å². The number of hydrogen-bond acceptors (Lipinski definition) is 4. The molecule has 0 unspecified atom stereocenters. The smallest absolute Gasteiger partial charge is 0.153 e. The van der Waals surface area contributed by atoms with E-state index in [0.717, 1.165) is 24.0 Å². The highest BCUT2D eigenvalue weighted by Crippen LogP contribution is 2.39. The van der Waals surface area contributed by atoms with E-state index in [4.69, 9.17) is 10.5 Å². The van der Waals surface area contributed by atoms with Gasteiger partial charge in [0.15, 0.2) is 11.4 Å². The first kappa shape index (κ1) is 12.5. The van der Waals surface area contributed by atoms with E-state index in [9.17, 15) is 4.91 Å². The Kier molecular flexibility index (Phi) is 4.28. The van der Waals surface area contributed by atoms with Gasteiger partial charge in [0, 0.05) is 11.3 Å². The molecule has 4 heteroatoms. The van der Waals surface area contributed by atoms with Crippen LogP contribution in [0.4, 0.5) is 11.4 Å². The molecule has 0 atom stereocenters. The zero-order valence-corrected chi connectivity index (χ0v) is 10.0. The standard InChI is InChI=1S/C12H18N2O2/c1-4-8-7-10(13)9(5-2)12(16-6-3)11(8)14-15/h7H,4-6,13H2,1-3H3. The second-order valence-corrected chi connectivity index (χ2v) is 3.51. The molecule has 0 aliphatic rings. The molecule has 0 aromatic heterocycles. The molecule has 0 fully saturated rings. The van der Waals surface area contributed by atoms with Crippen molar-refractivity contribution in [3.63, 3.8) is 0 Å². The number of ether oxygens (including phenoxy) is 1. The van der Waals surface area contributed by atoms with Gasteiger partial charge in [0.25, 0.3) is 0 Å². The van der Waals surface area contributed by atoms with Crippen molar-refractivity contribution in [2.45, 2.75) is 33.6 Å². The molecule has 0 saturated heterocycles. The molecule has 0 radical (unpaired) electrons. The van der Waals surface area contributed by atoms with Crippen LogP contribution in [0, 0.1) is 4.91 Å². The predicted molar refractivity (Wildman–Crippen MR) is 66.2 cm³/mol. The van der Waals surface area contributed by atoms with E-state index in [-0.39, 0.29) is 0 Å². The summed E-state index contributed by atoms with van der Waals surface area (Å²) < 4.78 is 5.50. The number of nitrogen functional groups attached to an aromatic ring is 1. The van der Waals surface area contributed by atoms with Gasteiger partial charge in [-0.2, -0.15) is 0 Å². The summed E-state index contributed by atoms with van der Waals surface area (Å²) in [7, 11) is 0. The van der Waals surface area contributed by atoms with Crippen molar-refractivity contribution >= 4 is 11.4 Å². The molecule has 0 amide bonds. The summed E-state index contributed by atoms with van der Waals surface area (Å²) in [6.07, 6.45) is 1.45.